The summed E-state index contributed by atoms with van der Waals surface area (Å²) in [4.78, 5) is 0. The second kappa shape index (κ2) is 5.21. The zero-order chi connectivity index (χ0) is 13.3. The summed E-state index contributed by atoms with van der Waals surface area (Å²) in [5, 5.41) is 0.638. The zero-order valence-corrected chi connectivity index (χ0v) is 10.4. The molecule has 0 atom stereocenters. The minimum atomic E-state index is -2.86. The Morgan fingerprint density at radius 1 is 0.944 bits per heavy atom. The molecule has 5 heteroatoms. The molecule has 0 spiro atoms. The molecule has 0 aliphatic heterocycles. The molecule has 18 heavy (non-hydrogen) atoms. The summed E-state index contributed by atoms with van der Waals surface area (Å²) in [6.45, 7) is 0. The zero-order valence-electron chi connectivity index (χ0n) is 8.93. The van der Waals surface area contributed by atoms with E-state index in [1.54, 1.807) is 0 Å². The Hall–Kier alpha value is -1.19. The van der Waals surface area contributed by atoms with Gasteiger partial charge < -0.3 is 0 Å². The smallest absolute Gasteiger partial charge is 0.206 e. The SMILES string of the molecule is Fc1c(-c2cc(Cl)cc(Cl)c2)cccc1C(F)F. The molecule has 94 valence electrons. The van der Waals surface area contributed by atoms with Gasteiger partial charge in [0.15, 0.2) is 0 Å². The Bertz CT molecular complexity index is 562. The molecular weight excluding hydrogens is 284 g/mol. The van der Waals surface area contributed by atoms with E-state index in [-0.39, 0.29) is 5.56 Å². The van der Waals surface area contributed by atoms with Crippen molar-refractivity contribution in [1.82, 2.24) is 0 Å². The van der Waals surface area contributed by atoms with E-state index in [0.717, 1.165) is 6.07 Å². The van der Waals surface area contributed by atoms with E-state index in [0.29, 0.717) is 15.6 Å². The minimum absolute atomic E-state index is 0.0530. The Balaban J connectivity index is 2.60. The standard InChI is InChI=1S/C13H7Cl2F3/c14-8-4-7(5-9(15)6-8)10-2-1-3-11(12(10)16)13(17)18/h1-6,13H. The first-order valence-corrected chi connectivity index (χ1v) is 5.77. The predicted molar refractivity (Wildman–Crippen MR) is 66.8 cm³/mol. The highest BCUT2D eigenvalue weighted by molar-refractivity contribution is 6.35. The van der Waals surface area contributed by atoms with Gasteiger partial charge >= 0.3 is 0 Å². The normalized spacial score (nSPS) is 11.0. The van der Waals surface area contributed by atoms with E-state index in [9.17, 15) is 13.2 Å². The van der Waals surface area contributed by atoms with Crippen LogP contribution in [0.25, 0.3) is 11.1 Å². The number of benzene rings is 2. The summed E-state index contributed by atoms with van der Waals surface area (Å²) in [5.74, 6) is -0.953. The van der Waals surface area contributed by atoms with Gasteiger partial charge in [0.1, 0.15) is 5.82 Å². The van der Waals surface area contributed by atoms with Crippen molar-refractivity contribution in [2.24, 2.45) is 0 Å². The monoisotopic (exact) mass is 290 g/mol. The lowest BCUT2D eigenvalue weighted by Crippen LogP contribution is -1.93. The minimum Gasteiger partial charge on any atom is -0.206 e. The van der Waals surface area contributed by atoms with Crippen LogP contribution in [-0.4, -0.2) is 0 Å². The van der Waals surface area contributed by atoms with E-state index >= 15 is 0 Å². The van der Waals surface area contributed by atoms with Crippen LogP contribution in [0.3, 0.4) is 0 Å². The van der Waals surface area contributed by atoms with Crippen LogP contribution in [0.4, 0.5) is 13.2 Å². The second-order valence-electron chi connectivity index (χ2n) is 3.67. The molecule has 2 rings (SSSR count). The van der Waals surface area contributed by atoms with E-state index in [1.807, 2.05) is 0 Å². The maximum atomic E-state index is 13.9. The average molecular weight is 291 g/mol. The molecule has 0 bridgehead atoms. The van der Waals surface area contributed by atoms with Crippen LogP contribution in [0.5, 0.6) is 0 Å². The fraction of sp³-hybridized carbons (Fsp3) is 0.0769. The van der Waals surface area contributed by atoms with Crippen molar-refractivity contribution in [2.75, 3.05) is 0 Å². The fourth-order valence-electron chi connectivity index (χ4n) is 1.65. The van der Waals surface area contributed by atoms with Crippen LogP contribution < -0.4 is 0 Å². The van der Waals surface area contributed by atoms with Crippen molar-refractivity contribution in [3.63, 3.8) is 0 Å². The Kier molecular flexibility index (Phi) is 3.83. The fourth-order valence-corrected chi connectivity index (χ4v) is 2.18. The first kappa shape index (κ1) is 13.2. The van der Waals surface area contributed by atoms with Crippen molar-refractivity contribution in [3.05, 3.63) is 57.8 Å². The summed E-state index contributed by atoms with van der Waals surface area (Å²) in [5.41, 5.74) is -0.215. The molecule has 2 aromatic rings. The summed E-state index contributed by atoms with van der Waals surface area (Å²) in [6, 6.07) is 8.26. The quantitative estimate of drug-likeness (QED) is 0.662. The van der Waals surface area contributed by atoms with Crippen molar-refractivity contribution in [3.8, 4) is 11.1 Å². The van der Waals surface area contributed by atoms with E-state index in [2.05, 4.69) is 0 Å². The van der Waals surface area contributed by atoms with Gasteiger partial charge in [-0.1, -0.05) is 41.4 Å². The van der Waals surface area contributed by atoms with Gasteiger partial charge in [-0.2, -0.15) is 0 Å². The maximum Gasteiger partial charge on any atom is 0.266 e. The first-order chi connectivity index (χ1) is 8.49. The highest BCUT2D eigenvalue weighted by Gasteiger charge is 2.17. The Morgan fingerprint density at radius 3 is 2.11 bits per heavy atom. The molecule has 0 nitrogen and oxygen atoms in total. The van der Waals surface area contributed by atoms with Gasteiger partial charge in [-0.3, -0.25) is 0 Å². The molecule has 2 aromatic carbocycles. The topological polar surface area (TPSA) is 0 Å². The Labute approximate surface area is 112 Å². The molecular formula is C13H7Cl2F3. The number of rotatable bonds is 2. The van der Waals surface area contributed by atoms with Gasteiger partial charge in [-0.25, -0.2) is 13.2 Å². The van der Waals surface area contributed by atoms with Crippen molar-refractivity contribution in [1.29, 1.82) is 0 Å². The predicted octanol–water partition coefficient (Wildman–Crippen LogP) is 5.74. The van der Waals surface area contributed by atoms with Crippen LogP contribution in [-0.2, 0) is 0 Å². The number of alkyl halides is 2. The number of hydrogen-bond donors (Lipinski definition) is 0. The molecule has 0 N–H and O–H groups in total. The average Bonchev–Trinajstić information content (AvgIpc) is 2.27. The number of hydrogen-bond acceptors (Lipinski definition) is 0. The third kappa shape index (κ3) is 2.62. The molecule has 0 saturated carbocycles. The molecule has 0 radical (unpaired) electrons. The van der Waals surface area contributed by atoms with E-state index in [4.69, 9.17) is 23.2 Å². The van der Waals surface area contributed by atoms with Gasteiger partial charge in [-0.05, 0) is 23.8 Å². The Morgan fingerprint density at radius 2 is 1.56 bits per heavy atom. The highest BCUT2D eigenvalue weighted by atomic mass is 35.5. The summed E-state index contributed by atoms with van der Waals surface area (Å²) in [7, 11) is 0. The molecule has 0 heterocycles. The van der Waals surface area contributed by atoms with Crippen LogP contribution >= 0.6 is 23.2 Å². The molecule has 0 aliphatic carbocycles. The largest absolute Gasteiger partial charge is 0.266 e. The van der Waals surface area contributed by atoms with Gasteiger partial charge in [0.25, 0.3) is 6.43 Å². The van der Waals surface area contributed by atoms with Crippen LogP contribution in [0, 0.1) is 5.82 Å². The van der Waals surface area contributed by atoms with E-state index < -0.39 is 17.8 Å². The van der Waals surface area contributed by atoms with Crippen LogP contribution in [0.2, 0.25) is 10.0 Å². The molecule has 0 amide bonds. The summed E-state index contributed by atoms with van der Waals surface area (Å²) in [6.07, 6.45) is -2.86. The number of halogens is 5. The molecule has 0 aliphatic rings. The van der Waals surface area contributed by atoms with Crippen molar-refractivity contribution < 1.29 is 13.2 Å². The molecule has 0 fully saturated rings. The van der Waals surface area contributed by atoms with Crippen LogP contribution in [0.15, 0.2) is 36.4 Å². The third-order valence-corrected chi connectivity index (χ3v) is 2.87. The molecule has 0 aromatic heterocycles. The van der Waals surface area contributed by atoms with Gasteiger partial charge in [0, 0.05) is 15.6 Å². The van der Waals surface area contributed by atoms with E-state index in [1.165, 1.54) is 30.3 Å². The lowest BCUT2D eigenvalue weighted by molar-refractivity contribution is 0.146. The summed E-state index contributed by atoms with van der Waals surface area (Å²) < 4.78 is 39.1. The highest BCUT2D eigenvalue weighted by Crippen LogP contribution is 2.32. The molecule has 0 unspecified atom stereocenters. The van der Waals surface area contributed by atoms with Crippen molar-refractivity contribution in [2.45, 2.75) is 6.43 Å². The van der Waals surface area contributed by atoms with Gasteiger partial charge in [0.05, 0.1) is 5.56 Å². The first-order valence-electron chi connectivity index (χ1n) is 5.02. The maximum absolute atomic E-state index is 13.9. The third-order valence-electron chi connectivity index (χ3n) is 2.44. The lowest BCUT2D eigenvalue weighted by atomic mass is 10.0. The molecule has 0 saturated heterocycles. The summed E-state index contributed by atoms with van der Waals surface area (Å²) >= 11 is 11.6. The van der Waals surface area contributed by atoms with Crippen molar-refractivity contribution >= 4 is 23.2 Å². The van der Waals surface area contributed by atoms with Gasteiger partial charge in [0.2, 0.25) is 0 Å². The van der Waals surface area contributed by atoms with Gasteiger partial charge in [-0.15, -0.1) is 0 Å². The van der Waals surface area contributed by atoms with Crippen LogP contribution in [0.1, 0.15) is 12.0 Å². The second-order valence-corrected chi connectivity index (χ2v) is 4.54. The lowest BCUT2D eigenvalue weighted by Gasteiger charge is -2.08.